The standard InChI is InChI=1S/C13H18Cl2N2O/c1-13(2,3)16-7-6-12(18)17-11-8-9(14)4-5-10(11)15/h4-5,8,16H,6-7H2,1-3H3,(H,17,18). The molecule has 1 aromatic rings. The summed E-state index contributed by atoms with van der Waals surface area (Å²) in [5.41, 5.74) is 0.554. The number of rotatable bonds is 4. The van der Waals surface area contributed by atoms with E-state index in [0.717, 1.165) is 0 Å². The maximum Gasteiger partial charge on any atom is 0.225 e. The SMILES string of the molecule is CC(C)(C)NCCC(=O)Nc1cc(Cl)ccc1Cl. The lowest BCUT2D eigenvalue weighted by Crippen LogP contribution is -2.37. The van der Waals surface area contributed by atoms with E-state index in [0.29, 0.717) is 28.7 Å². The van der Waals surface area contributed by atoms with Gasteiger partial charge in [0.2, 0.25) is 5.91 Å². The predicted molar refractivity (Wildman–Crippen MR) is 77.5 cm³/mol. The highest BCUT2D eigenvalue weighted by molar-refractivity contribution is 6.35. The van der Waals surface area contributed by atoms with E-state index in [4.69, 9.17) is 23.2 Å². The summed E-state index contributed by atoms with van der Waals surface area (Å²) in [6.07, 6.45) is 0.389. The zero-order valence-corrected chi connectivity index (χ0v) is 12.3. The molecule has 1 aromatic carbocycles. The molecule has 0 aromatic heterocycles. The molecular weight excluding hydrogens is 271 g/mol. The van der Waals surface area contributed by atoms with Crippen LogP contribution in [0.2, 0.25) is 10.0 Å². The molecule has 2 N–H and O–H groups in total. The van der Waals surface area contributed by atoms with Gasteiger partial charge in [-0.15, -0.1) is 0 Å². The van der Waals surface area contributed by atoms with Gasteiger partial charge in [0.25, 0.3) is 0 Å². The lowest BCUT2D eigenvalue weighted by Gasteiger charge is -2.20. The van der Waals surface area contributed by atoms with Crippen LogP contribution in [-0.4, -0.2) is 18.0 Å². The molecule has 0 spiro atoms. The molecule has 0 heterocycles. The topological polar surface area (TPSA) is 41.1 Å². The summed E-state index contributed by atoms with van der Waals surface area (Å²) in [5.74, 6) is -0.0871. The molecule has 100 valence electrons. The number of benzene rings is 1. The number of carbonyl (C=O) groups excluding carboxylic acids is 1. The number of halogens is 2. The quantitative estimate of drug-likeness (QED) is 0.887. The average molecular weight is 289 g/mol. The highest BCUT2D eigenvalue weighted by atomic mass is 35.5. The van der Waals surface area contributed by atoms with Crippen molar-refractivity contribution in [3.8, 4) is 0 Å². The molecule has 5 heteroatoms. The second kappa shape index (κ2) is 6.41. The Bertz CT molecular complexity index is 427. The second-order valence-corrected chi connectivity index (χ2v) is 5.94. The Kier molecular flexibility index (Phi) is 5.45. The largest absolute Gasteiger partial charge is 0.325 e. The maximum absolute atomic E-state index is 11.7. The van der Waals surface area contributed by atoms with Gasteiger partial charge < -0.3 is 10.6 Å². The second-order valence-electron chi connectivity index (χ2n) is 5.10. The highest BCUT2D eigenvalue weighted by Gasteiger charge is 2.10. The van der Waals surface area contributed by atoms with E-state index in [1.54, 1.807) is 18.2 Å². The summed E-state index contributed by atoms with van der Waals surface area (Å²) in [7, 11) is 0. The summed E-state index contributed by atoms with van der Waals surface area (Å²) >= 11 is 11.8. The first-order valence-electron chi connectivity index (χ1n) is 5.78. The molecule has 0 unspecified atom stereocenters. The van der Waals surface area contributed by atoms with E-state index >= 15 is 0 Å². The molecule has 0 bridgehead atoms. The minimum absolute atomic E-state index is 0.00792. The van der Waals surface area contributed by atoms with Gasteiger partial charge in [-0.1, -0.05) is 23.2 Å². The number of hydrogen-bond acceptors (Lipinski definition) is 2. The third-order valence-electron chi connectivity index (χ3n) is 2.21. The van der Waals surface area contributed by atoms with Crippen molar-refractivity contribution in [3.05, 3.63) is 28.2 Å². The molecule has 18 heavy (non-hydrogen) atoms. The van der Waals surface area contributed by atoms with Gasteiger partial charge in [0, 0.05) is 23.5 Å². The average Bonchev–Trinajstić information content (AvgIpc) is 2.21. The smallest absolute Gasteiger partial charge is 0.225 e. The van der Waals surface area contributed by atoms with E-state index in [2.05, 4.69) is 31.4 Å². The van der Waals surface area contributed by atoms with Crippen LogP contribution in [0, 0.1) is 0 Å². The summed E-state index contributed by atoms with van der Waals surface area (Å²) in [5, 5.41) is 7.01. The summed E-state index contributed by atoms with van der Waals surface area (Å²) < 4.78 is 0. The Morgan fingerprint density at radius 2 is 1.94 bits per heavy atom. The molecule has 1 rings (SSSR count). The lowest BCUT2D eigenvalue weighted by molar-refractivity contribution is -0.116. The zero-order chi connectivity index (χ0) is 13.8. The maximum atomic E-state index is 11.7. The van der Waals surface area contributed by atoms with Crippen LogP contribution in [0.15, 0.2) is 18.2 Å². The normalized spacial score (nSPS) is 11.4. The third-order valence-corrected chi connectivity index (χ3v) is 2.77. The molecule has 1 amide bonds. The van der Waals surface area contributed by atoms with Crippen molar-refractivity contribution in [2.75, 3.05) is 11.9 Å². The van der Waals surface area contributed by atoms with E-state index in [-0.39, 0.29) is 11.4 Å². The van der Waals surface area contributed by atoms with Crippen LogP contribution in [0.5, 0.6) is 0 Å². The van der Waals surface area contributed by atoms with E-state index < -0.39 is 0 Å². The molecule has 0 aliphatic carbocycles. The molecule has 0 aliphatic heterocycles. The fourth-order valence-electron chi connectivity index (χ4n) is 1.36. The Hall–Kier alpha value is -0.770. The minimum atomic E-state index is -0.0871. The monoisotopic (exact) mass is 288 g/mol. The van der Waals surface area contributed by atoms with Crippen molar-refractivity contribution < 1.29 is 4.79 Å². The summed E-state index contributed by atoms with van der Waals surface area (Å²) in [6.45, 7) is 6.78. The summed E-state index contributed by atoms with van der Waals surface area (Å²) in [6, 6.07) is 4.98. The van der Waals surface area contributed by atoms with Gasteiger partial charge in [-0.25, -0.2) is 0 Å². The molecule has 3 nitrogen and oxygen atoms in total. The third kappa shape index (κ3) is 5.71. The van der Waals surface area contributed by atoms with Gasteiger partial charge in [0.1, 0.15) is 0 Å². The number of nitrogens with one attached hydrogen (secondary N) is 2. The van der Waals surface area contributed by atoms with Crippen LogP contribution in [0.1, 0.15) is 27.2 Å². The van der Waals surface area contributed by atoms with E-state index in [1.807, 2.05) is 0 Å². The molecule has 0 saturated heterocycles. The van der Waals surface area contributed by atoms with E-state index in [9.17, 15) is 4.79 Å². The van der Waals surface area contributed by atoms with Crippen LogP contribution < -0.4 is 10.6 Å². The van der Waals surface area contributed by atoms with Gasteiger partial charge in [-0.3, -0.25) is 4.79 Å². The first-order chi connectivity index (χ1) is 8.28. The predicted octanol–water partition coefficient (Wildman–Crippen LogP) is 3.71. The van der Waals surface area contributed by atoms with Gasteiger partial charge in [0.05, 0.1) is 10.7 Å². The molecule has 0 fully saturated rings. The number of amides is 1. The van der Waals surface area contributed by atoms with Crippen molar-refractivity contribution >= 4 is 34.8 Å². The number of anilines is 1. The fraction of sp³-hybridized carbons (Fsp3) is 0.462. The zero-order valence-electron chi connectivity index (χ0n) is 10.8. The van der Waals surface area contributed by atoms with Crippen LogP contribution in [0.3, 0.4) is 0 Å². The molecule has 0 saturated carbocycles. The Morgan fingerprint density at radius 3 is 2.56 bits per heavy atom. The first-order valence-corrected chi connectivity index (χ1v) is 6.53. The molecular formula is C13H18Cl2N2O. The lowest BCUT2D eigenvalue weighted by atomic mass is 10.1. The highest BCUT2D eigenvalue weighted by Crippen LogP contribution is 2.25. The minimum Gasteiger partial charge on any atom is -0.325 e. The Morgan fingerprint density at radius 1 is 1.28 bits per heavy atom. The molecule has 0 radical (unpaired) electrons. The van der Waals surface area contributed by atoms with Crippen molar-refractivity contribution in [2.45, 2.75) is 32.7 Å². The first kappa shape index (κ1) is 15.3. The van der Waals surface area contributed by atoms with E-state index in [1.165, 1.54) is 0 Å². The van der Waals surface area contributed by atoms with Gasteiger partial charge in [-0.05, 0) is 39.0 Å². The van der Waals surface area contributed by atoms with Crippen LogP contribution in [0.25, 0.3) is 0 Å². The molecule has 0 aliphatic rings. The Balaban J connectivity index is 2.47. The number of hydrogen-bond donors (Lipinski definition) is 2. The Labute approximate surface area is 118 Å². The van der Waals surface area contributed by atoms with Crippen molar-refractivity contribution in [1.29, 1.82) is 0 Å². The van der Waals surface area contributed by atoms with Gasteiger partial charge >= 0.3 is 0 Å². The number of carbonyl (C=O) groups is 1. The van der Waals surface area contributed by atoms with Gasteiger partial charge in [0.15, 0.2) is 0 Å². The van der Waals surface area contributed by atoms with Crippen LogP contribution in [0.4, 0.5) is 5.69 Å². The summed E-state index contributed by atoms with van der Waals surface area (Å²) in [4.78, 5) is 11.7. The fourth-order valence-corrected chi connectivity index (χ4v) is 1.69. The van der Waals surface area contributed by atoms with Crippen molar-refractivity contribution in [3.63, 3.8) is 0 Å². The van der Waals surface area contributed by atoms with Crippen LogP contribution >= 0.6 is 23.2 Å². The van der Waals surface area contributed by atoms with Crippen molar-refractivity contribution in [2.24, 2.45) is 0 Å². The van der Waals surface area contributed by atoms with Crippen molar-refractivity contribution in [1.82, 2.24) is 5.32 Å². The molecule has 0 atom stereocenters. The van der Waals surface area contributed by atoms with Crippen LogP contribution in [-0.2, 0) is 4.79 Å². The van der Waals surface area contributed by atoms with Gasteiger partial charge in [-0.2, -0.15) is 0 Å².